The van der Waals surface area contributed by atoms with E-state index in [4.69, 9.17) is 15.0 Å². The highest BCUT2D eigenvalue weighted by atomic mass is 32.2. The molecule has 0 aliphatic carbocycles. The number of nitrogens with zero attached hydrogens (tertiary/aromatic N) is 4. The first-order valence-corrected chi connectivity index (χ1v) is 8.14. The first kappa shape index (κ1) is 18.0. The molecule has 0 saturated carbocycles. The SMILES string of the molecule is COc1ccc(S(=O)(=O)c2ccc(N=[N+]=[N-])c([N+](=O)[O-])c2)cc1OC. The Kier molecular flexibility index (Phi) is 5.11. The molecule has 0 saturated heterocycles. The zero-order chi connectivity index (χ0) is 18.6. The highest BCUT2D eigenvalue weighted by Gasteiger charge is 2.24. The highest BCUT2D eigenvalue weighted by Crippen LogP contribution is 2.35. The first-order valence-electron chi connectivity index (χ1n) is 6.65. The summed E-state index contributed by atoms with van der Waals surface area (Å²) in [6.45, 7) is 0. The first-order chi connectivity index (χ1) is 11.8. The number of benzene rings is 2. The summed E-state index contributed by atoms with van der Waals surface area (Å²) in [5.41, 5.74) is 7.54. The molecule has 0 unspecified atom stereocenters. The number of hydrogen-bond donors (Lipinski definition) is 0. The van der Waals surface area contributed by atoms with E-state index in [0.717, 1.165) is 18.2 Å². The maximum atomic E-state index is 12.7. The third-order valence-corrected chi connectivity index (χ3v) is 5.02. The third kappa shape index (κ3) is 3.47. The number of sulfone groups is 1. The monoisotopic (exact) mass is 364 g/mol. The molecule has 2 aromatic carbocycles. The van der Waals surface area contributed by atoms with E-state index in [1.54, 1.807) is 0 Å². The Hall–Kier alpha value is -3.30. The smallest absolute Gasteiger partial charge is 0.280 e. The van der Waals surface area contributed by atoms with Crippen LogP contribution in [-0.4, -0.2) is 27.6 Å². The van der Waals surface area contributed by atoms with Crippen LogP contribution < -0.4 is 9.47 Å². The predicted octanol–water partition coefficient (Wildman–Crippen LogP) is 3.39. The maximum absolute atomic E-state index is 12.7. The summed E-state index contributed by atoms with van der Waals surface area (Å²) >= 11 is 0. The number of nitro groups is 1. The molecule has 10 nitrogen and oxygen atoms in total. The van der Waals surface area contributed by atoms with E-state index in [9.17, 15) is 18.5 Å². The van der Waals surface area contributed by atoms with Gasteiger partial charge in [0.05, 0.1) is 28.9 Å². The molecular formula is C14H12N4O6S. The molecule has 2 rings (SSSR count). The molecule has 0 amide bonds. The van der Waals surface area contributed by atoms with Crippen LogP contribution >= 0.6 is 0 Å². The highest BCUT2D eigenvalue weighted by molar-refractivity contribution is 7.91. The summed E-state index contributed by atoms with van der Waals surface area (Å²) < 4.78 is 35.6. The number of rotatable bonds is 6. The molecule has 2 aromatic rings. The normalized spacial score (nSPS) is 10.6. The van der Waals surface area contributed by atoms with Crippen molar-refractivity contribution < 1.29 is 22.8 Å². The van der Waals surface area contributed by atoms with Crippen LogP contribution in [0.25, 0.3) is 10.4 Å². The van der Waals surface area contributed by atoms with E-state index in [2.05, 4.69) is 10.0 Å². The van der Waals surface area contributed by atoms with Crippen molar-refractivity contribution in [3.63, 3.8) is 0 Å². The lowest BCUT2D eigenvalue weighted by Gasteiger charge is -2.10. The summed E-state index contributed by atoms with van der Waals surface area (Å²) in [4.78, 5) is 12.3. The Morgan fingerprint density at radius 2 is 1.68 bits per heavy atom. The van der Waals surface area contributed by atoms with Gasteiger partial charge in [-0.1, -0.05) is 5.11 Å². The molecule has 0 fully saturated rings. The minimum atomic E-state index is -4.06. The summed E-state index contributed by atoms with van der Waals surface area (Å²) in [5.74, 6) is 0.537. The average molecular weight is 364 g/mol. The second-order valence-electron chi connectivity index (χ2n) is 4.62. The number of methoxy groups -OCH3 is 2. The van der Waals surface area contributed by atoms with Gasteiger partial charge in [-0.3, -0.25) is 10.1 Å². The van der Waals surface area contributed by atoms with Gasteiger partial charge in [0, 0.05) is 17.0 Å². The van der Waals surface area contributed by atoms with E-state index in [0.29, 0.717) is 5.75 Å². The van der Waals surface area contributed by atoms with Crippen molar-refractivity contribution in [3.05, 3.63) is 57.0 Å². The second-order valence-corrected chi connectivity index (χ2v) is 6.57. The Bertz CT molecular complexity index is 983. The predicted molar refractivity (Wildman–Crippen MR) is 86.9 cm³/mol. The zero-order valence-electron chi connectivity index (χ0n) is 13.1. The molecule has 0 radical (unpaired) electrons. The van der Waals surface area contributed by atoms with Crippen molar-refractivity contribution in [2.45, 2.75) is 9.79 Å². The summed E-state index contributed by atoms with van der Waals surface area (Å²) in [6, 6.07) is 7.00. The number of ether oxygens (including phenoxy) is 2. The molecule has 0 N–H and O–H groups in total. The fraction of sp³-hybridized carbons (Fsp3) is 0.143. The van der Waals surface area contributed by atoms with E-state index < -0.39 is 20.4 Å². The van der Waals surface area contributed by atoms with Gasteiger partial charge in [0.25, 0.3) is 5.69 Å². The van der Waals surface area contributed by atoms with Crippen LogP contribution in [0.1, 0.15) is 0 Å². The van der Waals surface area contributed by atoms with Gasteiger partial charge in [0.2, 0.25) is 9.84 Å². The van der Waals surface area contributed by atoms with Crippen molar-refractivity contribution in [1.82, 2.24) is 0 Å². The minimum absolute atomic E-state index is 0.129. The molecule has 130 valence electrons. The molecular weight excluding hydrogens is 352 g/mol. The minimum Gasteiger partial charge on any atom is -0.493 e. The van der Waals surface area contributed by atoms with Crippen LogP contribution in [0.15, 0.2) is 51.3 Å². The quantitative estimate of drug-likeness (QED) is 0.252. The van der Waals surface area contributed by atoms with Crippen molar-refractivity contribution in [2.75, 3.05) is 14.2 Å². The van der Waals surface area contributed by atoms with Crippen LogP contribution in [0.5, 0.6) is 11.5 Å². The third-order valence-electron chi connectivity index (χ3n) is 3.27. The second kappa shape index (κ2) is 7.07. The van der Waals surface area contributed by atoms with Crippen LogP contribution in [0.3, 0.4) is 0 Å². The molecule has 0 aliphatic rings. The standard InChI is InChI=1S/C14H12N4O6S/c1-23-13-6-4-10(8-14(13)24-2)25(21,22)9-3-5-11(16-17-15)12(7-9)18(19)20/h3-8H,1-2H3. The fourth-order valence-corrected chi connectivity index (χ4v) is 3.36. The van der Waals surface area contributed by atoms with Crippen LogP contribution in [0, 0.1) is 10.1 Å². The Morgan fingerprint density at radius 1 is 1.08 bits per heavy atom. The summed E-state index contributed by atoms with van der Waals surface area (Å²) in [7, 11) is -1.30. The molecule has 0 atom stereocenters. The summed E-state index contributed by atoms with van der Waals surface area (Å²) in [6.07, 6.45) is 0. The van der Waals surface area contributed by atoms with E-state index in [1.165, 1.54) is 32.4 Å². The number of nitro benzene ring substituents is 1. The Morgan fingerprint density at radius 3 is 2.24 bits per heavy atom. The largest absolute Gasteiger partial charge is 0.493 e. The van der Waals surface area contributed by atoms with E-state index in [1.807, 2.05) is 0 Å². The Labute approximate surface area is 142 Å². The van der Waals surface area contributed by atoms with Gasteiger partial charge in [-0.25, -0.2) is 8.42 Å². The lowest BCUT2D eigenvalue weighted by atomic mass is 10.3. The molecule has 11 heteroatoms. The van der Waals surface area contributed by atoms with Crippen molar-refractivity contribution >= 4 is 21.2 Å². The van der Waals surface area contributed by atoms with Gasteiger partial charge in [-0.05, 0) is 29.8 Å². The molecule has 0 aliphatic heterocycles. The topological polar surface area (TPSA) is 144 Å². The Balaban J connectivity index is 2.62. The molecule has 0 spiro atoms. The van der Waals surface area contributed by atoms with Crippen molar-refractivity contribution in [3.8, 4) is 11.5 Å². The van der Waals surface area contributed by atoms with Gasteiger partial charge in [0.15, 0.2) is 11.5 Å². The maximum Gasteiger partial charge on any atom is 0.280 e. The average Bonchev–Trinajstić information content (AvgIpc) is 2.61. The van der Waals surface area contributed by atoms with Crippen LogP contribution in [0.4, 0.5) is 11.4 Å². The fourth-order valence-electron chi connectivity index (χ4n) is 2.07. The lowest BCUT2D eigenvalue weighted by Crippen LogP contribution is -2.04. The zero-order valence-corrected chi connectivity index (χ0v) is 13.9. The number of hydrogen-bond acceptors (Lipinski definition) is 7. The lowest BCUT2D eigenvalue weighted by molar-refractivity contribution is -0.384. The van der Waals surface area contributed by atoms with Gasteiger partial charge in [-0.15, -0.1) is 0 Å². The van der Waals surface area contributed by atoms with Gasteiger partial charge < -0.3 is 9.47 Å². The molecule has 0 bridgehead atoms. The van der Waals surface area contributed by atoms with Crippen LogP contribution in [0.2, 0.25) is 0 Å². The van der Waals surface area contributed by atoms with Crippen molar-refractivity contribution in [1.29, 1.82) is 0 Å². The van der Waals surface area contributed by atoms with E-state index in [-0.39, 0.29) is 21.2 Å². The molecule has 0 heterocycles. The van der Waals surface area contributed by atoms with Crippen LogP contribution in [-0.2, 0) is 9.84 Å². The van der Waals surface area contributed by atoms with Gasteiger partial charge in [0.1, 0.15) is 5.69 Å². The van der Waals surface area contributed by atoms with E-state index >= 15 is 0 Å². The molecule has 25 heavy (non-hydrogen) atoms. The van der Waals surface area contributed by atoms with Crippen molar-refractivity contribution in [2.24, 2.45) is 5.11 Å². The molecule has 0 aromatic heterocycles. The summed E-state index contributed by atoms with van der Waals surface area (Å²) in [5, 5.41) is 14.3. The number of azide groups is 1. The van der Waals surface area contributed by atoms with Gasteiger partial charge in [-0.2, -0.15) is 0 Å². The van der Waals surface area contributed by atoms with Gasteiger partial charge >= 0.3 is 0 Å².